The molecule has 86 valence electrons. The third kappa shape index (κ3) is 2.16. The Morgan fingerprint density at radius 1 is 1.62 bits per heavy atom. The molecule has 8 nitrogen and oxygen atoms in total. The van der Waals surface area contributed by atoms with E-state index in [0.29, 0.717) is 12.5 Å². The maximum Gasteiger partial charge on any atom is 0.374 e. The summed E-state index contributed by atoms with van der Waals surface area (Å²) in [5, 5.41) is 10.8. The zero-order chi connectivity index (χ0) is 11.5. The van der Waals surface area contributed by atoms with E-state index >= 15 is 0 Å². The van der Waals surface area contributed by atoms with E-state index in [1.807, 2.05) is 0 Å². The van der Waals surface area contributed by atoms with Gasteiger partial charge >= 0.3 is 5.69 Å². The molecule has 0 radical (unpaired) electrons. The van der Waals surface area contributed by atoms with Gasteiger partial charge in [0.1, 0.15) is 6.33 Å². The van der Waals surface area contributed by atoms with Crippen LogP contribution in [0.25, 0.3) is 0 Å². The second-order valence-electron chi connectivity index (χ2n) is 3.53. The zero-order valence-corrected chi connectivity index (χ0v) is 8.42. The lowest BCUT2D eigenvalue weighted by atomic mass is 10.4. The molecular weight excluding hydrogens is 214 g/mol. The van der Waals surface area contributed by atoms with Gasteiger partial charge in [-0.05, 0) is 18.8 Å². The summed E-state index contributed by atoms with van der Waals surface area (Å²) in [6, 6.07) is 0. The fourth-order valence-electron chi connectivity index (χ4n) is 1.22. The van der Waals surface area contributed by atoms with Gasteiger partial charge in [0, 0.05) is 0 Å². The maximum absolute atomic E-state index is 10.8. The van der Waals surface area contributed by atoms with Crippen LogP contribution in [0.1, 0.15) is 12.8 Å². The van der Waals surface area contributed by atoms with Crippen molar-refractivity contribution in [3.8, 4) is 5.88 Å². The van der Waals surface area contributed by atoms with Gasteiger partial charge in [-0.25, -0.2) is 10.8 Å². The van der Waals surface area contributed by atoms with Crippen LogP contribution in [0.15, 0.2) is 6.33 Å². The quantitative estimate of drug-likeness (QED) is 0.424. The molecular formula is C8H11N5O3. The van der Waals surface area contributed by atoms with Crippen LogP contribution in [0.3, 0.4) is 0 Å². The van der Waals surface area contributed by atoms with Crippen molar-refractivity contribution in [1.29, 1.82) is 0 Å². The summed E-state index contributed by atoms with van der Waals surface area (Å²) in [4.78, 5) is 17.6. The molecule has 1 fully saturated rings. The van der Waals surface area contributed by atoms with Crippen molar-refractivity contribution in [2.24, 2.45) is 11.8 Å². The molecule has 1 heterocycles. The summed E-state index contributed by atoms with van der Waals surface area (Å²) in [6.45, 7) is 0.446. The Kier molecular flexibility index (Phi) is 2.82. The van der Waals surface area contributed by atoms with Gasteiger partial charge in [-0.1, -0.05) is 0 Å². The van der Waals surface area contributed by atoms with E-state index in [0.717, 1.165) is 12.8 Å². The van der Waals surface area contributed by atoms with Crippen molar-refractivity contribution >= 4 is 11.5 Å². The lowest BCUT2D eigenvalue weighted by Crippen LogP contribution is -2.13. The van der Waals surface area contributed by atoms with Crippen LogP contribution < -0.4 is 16.0 Å². The van der Waals surface area contributed by atoms with Crippen molar-refractivity contribution in [2.45, 2.75) is 12.8 Å². The molecule has 0 aromatic carbocycles. The average Bonchev–Trinajstić information content (AvgIpc) is 3.09. The number of anilines is 1. The van der Waals surface area contributed by atoms with Crippen molar-refractivity contribution in [1.82, 2.24) is 9.97 Å². The lowest BCUT2D eigenvalue weighted by molar-refractivity contribution is -0.385. The van der Waals surface area contributed by atoms with Gasteiger partial charge in [-0.15, -0.1) is 0 Å². The van der Waals surface area contributed by atoms with E-state index in [-0.39, 0.29) is 17.4 Å². The van der Waals surface area contributed by atoms with E-state index in [9.17, 15) is 10.1 Å². The predicted molar refractivity (Wildman–Crippen MR) is 54.7 cm³/mol. The number of rotatable bonds is 5. The Labute approximate surface area is 91.0 Å². The first-order chi connectivity index (χ1) is 7.72. The Morgan fingerprint density at radius 2 is 2.38 bits per heavy atom. The second kappa shape index (κ2) is 4.27. The molecule has 1 saturated carbocycles. The number of nitrogens with one attached hydrogen (secondary N) is 1. The molecule has 1 aromatic rings. The van der Waals surface area contributed by atoms with Crippen molar-refractivity contribution in [3.63, 3.8) is 0 Å². The van der Waals surface area contributed by atoms with Crippen LogP contribution in [-0.2, 0) is 0 Å². The fourth-order valence-corrected chi connectivity index (χ4v) is 1.22. The molecule has 0 atom stereocenters. The van der Waals surface area contributed by atoms with E-state index in [1.165, 1.54) is 6.33 Å². The molecule has 1 aromatic heterocycles. The van der Waals surface area contributed by atoms with Crippen LogP contribution in [-0.4, -0.2) is 21.5 Å². The largest absolute Gasteiger partial charge is 0.472 e. The van der Waals surface area contributed by atoms with Gasteiger partial charge in [-0.3, -0.25) is 10.1 Å². The Hall–Kier alpha value is -1.96. The van der Waals surface area contributed by atoms with Gasteiger partial charge in [0.2, 0.25) is 5.82 Å². The van der Waals surface area contributed by atoms with Gasteiger partial charge in [0.25, 0.3) is 5.88 Å². The minimum atomic E-state index is -0.614. The topological polar surface area (TPSA) is 116 Å². The summed E-state index contributed by atoms with van der Waals surface area (Å²) in [5.41, 5.74) is 1.82. The molecule has 0 amide bonds. The van der Waals surface area contributed by atoms with Crippen LogP contribution in [0.5, 0.6) is 5.88 Å². The van der Waals surface area contributed by atoms with E-state index in [2.05, 4.69) is 15.4 Å². The number of nitro groups is 1. The lowest BCUT2D eigenvalue weighted by Gasteiger charge is -2.06. The SMILES string of the molecule is NNc1ncnc(OCC2CC2)c1[N+](=O)[O-]. The van der Waals surface area contributed by atoms with Gasteiger partial charge < -0.3 is 10.2 Å². The first-order valence-corrected chi connectivity index (χ1v) is 4.81. The molecule has 3 N–H and O–H groups in total. The highest BCUT2D eigenvalue weighted by Gasteiger charge is 2.27. The maximum atomic E-state index is 10.8. The summed E-state index contributed by atoms with van der Waals surface area (Å²) >= 11 is 0. The number of hydrogen-bond donors (Lipinski definition) is 2. The second-order valence-corrected chi connectivity index (χ2v) is 3.53. The minimum absolute atomic E-state index is 0.0418. The first-order valence-electron chi connectivity index (χ1n) is 4.81. The monoisotopic (exact) mass is 225 g/mol. The zero-order valence-electron chi connectivity index (χ0n) is 8.42. The smallest absolute Gasteiger partial charge is 0.374 e. The normalized spacial score (nSPS) is 14.6. The Morgan fingerprint density at radius 3 is 2.94 bits per heavy atom. The third-order valence-electron chi connectivity index (χ3n) is 2.26. The van der Waals surface area contributed by atoms with E-state index < -0.39 is 4.92 Å². The summed E-state index contributed by atoms with van der Waals surface area (Å²) in [7, 11) is 0. The summed E-state index contributed by atoms with van der Waals surface area (Å²) < 4.78 is 5.28. The van der Waals surface area contributed by atoms with Crippen molar-refractivity contribution in [3.05, 3.63) is 16.4 Å². The standard InChI is InChI=1S/C8H11N5O3/c9-12-7-6(13(14)15)8(11-4-10-7)16-3-5-1-2-5/h4-5H,1-3,9H2,(H,10,11,12). The molecule has 1 aliphatic carbocycles. The molecule has 0 saturated heterocycles. The highest BCUT2D eigenvalue weighted by molar-refractivity contribution is 5.60. The van der Waals surface area contributed by atoms with E-state index in [1.54, 1.807) is 0 Å². The van der Waals surface area contributed by atoms with Gasteiger partial charge in [0.05, 0.1) is 11.5 Å². The minimum Gasteiger partial charge on any atom is -0.472 e. The molecule has 16 heavy (non-hydrogen) atoms. The Balaban J connectivity index is 2.22. The number of hydrogen-bond acceptors (Lipinski definition) is 7. The van der Waals surface area contributed by atoms with Crippen LogP contribution in [0.4, 0.5) is 11.5 Å². The molecule has 0 aliphatic heterocycles. The molecule has 0 unspecified atom stereocenters. The average molecular weight is 225 g/mol. The number of hydrazine groups is 1. The highest BCUT2D eigenvalue weighted by Crippen LogP contribution is 2.33. The van der Waals surface area contributed by atoms with Crippen LogP contribution >= 0.6 is 0 Å². The molecule has 2 rings (SSSR count). The van der Waals surface area contributed by atoms with E-state index in [4.69, 9.17) is 10.6 Å². The summed E-state index contributed by atoms with van der Waals surface area (Å²) in [5.74, 6) is 5.52. The third-order valence-corrected chi connectivity index (χ3v) is 2.26. The summed E-state index contributed by atoms with van der Waals surface area (Å²) in [6.07, 6.45) is 3.37. The Bertz CT molecular complexity index is 407. The van der Waals surface area contributed by atoms with Crippen LogP contribution in [0.2, 0.25) is 0 Å². The van der Waals surface area contributed by atoms with Crippen LogP contribution in [0, 0.1) is 16.0 Å². The van der Waals surface area contributed by atoms with Crippen molar-refractivity contribution in [2.75, 3.05) is 12.0 Å². The number of nitrogen functional groups attached to an aromatic ring is 1. The molecule has 8 heteroatoms. The number of nitrogens with zero attached hydrogens (tertiary/aromatic N) is 3. The number of aromatic nitrogens is 2. The van der Waals surface area contributed by atoms with Crippen molar-refractivity contribution < 1.29 is 9.66 Å². The molecule has 0 bridgehead atoms. The number of ether oxygens (including phenoxy) is 1. The predicted octanol–water partition coefficient (Wildman–Crippen LogP) is 0.459. The fraction of sp³-hybridized carbons (Fsp3) is 0.500. The highest BCUT2D eigenvalue weighted by atomic mass is 16.6. The molecule has 0 spiro atoms. The molecule has 1 aliphatic rings. The first kappa shape index (κ1) is 10.6. The van der Waals surface area contributed by atoms with Gasteiger partial charge in [0.15, 0.2) is 0 Å². The van der Waals surface area contributed by atoms with Gasteiger partial charge in [-0.2, -0.15) is 4.98 Å². The number of nitrogens with two attached hydrogens (primary N) is 1.